The van der Waals surface area contributed by atoms with Gasteiger partial charge in [0.15, 0.2) is 5.16 Å². The normalized spacial score (nSPS) is 20.6. The first-order valence-electron chi connectivity index (χ1n) is 11.8. The Kier molecular flexibility index (Phi) is 6.76. The maximum atomic E-state index is 13.3. The fourth-order valence-corrected chi connectivity index (χ4v) is 8.09. The van der Waals surface area contributed by atoms with Crippen LogP contribution in [-0.4, -0.2) is 35.4 Å². The van der Waals surface area contributed by atoms with Crippen molar-refractivity contribution in [3.63, 3.8) is 0 Å². The number of aromatic nitrogens is 2. The van der Waals surface area contributed by atoms with E-state index in [0.29, 0.717) is 29.9 Å². The molecule has 0 unspecified atom stereocenters. The van der Waals surface area contributed by atoms with E-state index in [1.807, 2.05) is 30.3 Å². The Morgan fingerprint density at radius 1 is 1.09 bits per heavy atom. The van der Waals surface area contributed by atoms with E-state index in [-0.39, 0.29) is 0 Å². The zero-order chi connectivity index (χ0) is 23.0. The summed E-state index contributed by atoms with van der Waals surface area (Å²) >= 11 is 8.06. The monoisotopic (exact) mass is 503 g/mol. The Hall–Kier alpha value is -1.54. The number of hydrogen-bond acceptors (Lipinski definition) is 4. The summed E-state index contributed by atoms with van der Waals surface area (Å²) in [6.07, 6.45) is 6.72. The predicted molar refractivity (Wildman–Crippen MR) is 135 cm³/mol. The highest BCUT2D eigenvalue weighted by molar-refractivity contribution is 7.98. The molecule has 5 rings (SSSR count). The van der Waals surface area contributed by atoms with Gasteiger partial charge < -0.3 is 4.57 Å². The van der Waals surface area contributed by atoms with Crippen molar-refractivity contribution >= 4 is 44.4 Å². The van der Waals surface area contributed by atoms with Crippen LogP contribution in [-0.2, 0) is 15.8 Å². The van der Waals surface area contributed by atoms with Gasteiger partial charge in [0.2, 0.25) is 10.0 Å². The van der Waals surface area contributed by atoms with Gasteiger partial charge in [-0.3, -0.25) is 0 Å². The van der Waals surface area contributed by atoms with E-state index in [9.17, 15) is 8.42 Å². The van der Waals surface area contributed by atoms with Gasteiger partial charge in [-0.2, -0.15) is 4.31 Å². The first-order chi connectivity index (χ1) is 15.9. The summed E-state index contributed by atoms with van der Waals surface area (Å²) in [5.41, 5.74) is 2.86. The number of hydrogen-bond donors (Lipinski definition) is 0. The van der Waals surface area contributed by atoms with Crippen LogP contribution in [0, 0.1) is 5.92 Å². The summed E-state index contributed by atoms with van der Waals surface area (Å²) in [5.74, 6) is 1.12. The fraction of sp³-hybridized carbons (Fsp3) is 0.480. The van der Waals surface area contributed by atoms with E-state index in [2.05, 4.69) is 11.5 Å². The highest BCUT2D eigenvalue weighted by Gasteiger charge is 2.30. The average molecular weight is 504 g/mol. The van der Waals surface area contributed by atoms with Crippen molar-refractivity contribution in [2.24, 2.45) is 5.92 Å². The minimum atomic E-state index is -3.51. The molecule has 2 aromatic carbocycles. The highest BCUT2D eigenvalue weighted by atomic mass is 35.5. The molecule has 2 fully saturated rings. The second-order valence-corrected chi connectivity index (χ2v) is 12.6. The number of thioether (sulfide) groups is 1. The molecule has 1 aliphatic heterocycles. The number of rotatable bonds is 6. The average Bonchev–Trinajstić information content (AvgIpc) is 3.45. The number of sulfonamides is 1. The third-order valence-corrected chi connectivity index (χ3v) is 10.1. The van der Waals surface area contributed by atoms with Crippen LogP contribution in [0.25, 0.3) is 11.0 Å². The molecule has 1 saturated carbocycles. The molecule has 0 radical (unpaired) electrons. The van der Waals surface area contributed by atoms with Crippen LogP contribution in [0.4, 0.5) is 0 Å². The fourth-order valence-electron chi connectivity index (χ4n) is 5.11. The minimum absolute atomic E-state index is 0.350. The quantitative estimate of drug-likeness (QED) is 0.359. The molecule has 1 atom stereocenters. The van der Waals surface area contributed by atoms with Crippen molar-refractivity contribution in [1.29, 1.82) is 0 Å². The molecule has 0 amide bonds. The molecule has 0 N–H and O–H groups in total. The van der Waals surface area contributed by atoms with E-state index in [0.717, 1.165) is 58.2 Å². The molecule has 0 spiro atoms. The van der Waals surface area contributed by atoms with Crippen LogP contribution in [0.1, 0.15) is 57.1 Å². The zero-order valence-electron chi connectivity index (χ0n) is 18.9. The van der Waals surface area contributed by atoms with Gasteiger partial charge >= 0.3 is 0 Å². The van der Waals surface area contributed by atoms with Gasteiger partial charge in [-0.1, -0.05) is 61.3 Å². The lowest BCUT2D eigenvalue weighted by atomic mass is 10.0. The number of halogens is 1. The van der Waals surface area contributed by atoms with Crippen molar-refractivity contribution < 1.29 is 8.42 Å². The highest BCUT2D eigenvalue weighted by Crippen LogP contribution is 2.38. The molecule has 8 heteroatoms. The molecule has 176 valence electrons. The van der Waals surface area contributed by atoms with Crippen LogP contribution >= 0.6 is 23.4 Å². The lowest BCUT2D eigenvalue weighted by Gasteiger charge is -2.30. The van der Waals surface area contributed by atoms with Crippen molar-refractivity contribution in [3.8, 4) is 0 Å². The second-order valence-electron chi connectivity index (χ2n) is 9.34. The van der Waals surface area contributed by atoms with Gasteiger partial charge in [0, 0.05) is 29.9 Å². The van der Waals surface area contributed by atoms with Crippen LogP contribution in [0.5, 0.6) is 0 Å². The molecule has 3 aromatic rings. The maximum absolute atomic E-state index is 13.3. The molecule has 2 aliphatic rings. The summed E-state index contributed by atoms with van der Waals surface area (Å²) in [6, 6.07) is 13.8. The van der Waals surface area contributed by atoms with E-state index in [1.54, 1.807) is 28.2 Å². The second kappa shape index (κ2) is 9.61. The molecule has 1 aliphatic carbocycles. The molecule has 2 heterocycles. The Morgan fingerprint density at radius 3 is 2.64 bits per heavy atom. The van der Waals surface area contributed by atoms with Crippen LogP contribution in [0.2, 0.25) is 5.02 Å². The summed E-state index contributed by atoms with van der Waals surface area (Å²) in [6.45, 7) is 3.31. The predicted octanol–water partition coefficient (Wildman–Crippen LogP) is 6.52. The van der Waals surface area contributed by atoms with Crippen LogP contribution < -0.4 is 0 Å². The van der Waals surface area contributed by atoms with Crippen molar-refractivity contribution in [1.82, 2.24) is 13.9 Å². The summed E-state index contributed by atoms with van der Waals surface area (Å²) < 4.78 is 30.7. The molecule has 1 saturated heterocycles. The Bertz CT molecular complexity index is 1250. The number of benzene rings is 2. The summed E-state index contributed by atoms with van der Waals surface area (Å²) in [5, 5.41) is 1.70. The third-order valence-electron chi connectivity index (χ3n) is 6.89. The smallest absolute Gasteiger partial charge is 0.243 e. The van der Waals surface area contributed by atoms with Gasteiger partial charge in [-0.15, -0.1) is 0 Å². The van der Waals surface area contributed by atoms with E-state index in [4.69, 9.17) is 16.6 Å². The van der Waals surface area contributed by atoms with Gasteiger partial charge in [0.1, 0.15) is 0 Å². The number of piperidine rings is 1. The van der Waals surface area contributed by atoms with E-state index in [1.165, 1.54) is 12.8 Å². The molecular formula is C25H30ClN3O2S2. The molecule has 33 heavy (non-hydrogen) atoms. The maximum Gasteiger partial charge on any atom is 0.243 e. The lowest BCUT2D eigenvalue weighted by molar-refractivity contribution is 0.281. The first-order valence-corrected chi connectivity index (χ1v) is 14.6. The third kappa shape index (κ3) is 4.70. The Labute approximate surface area is 205 Å². The van der Waals surface area contributed by atoms with Gasteiger partial charge in [-0.05, 0) is 61.4 Å². The molecular weight excluding hydrogens is 474 g/mol. The van der Waals surface area contributed by atoms with E-state index < -0.39 is 10.0 Å². The van der Waals surface area contributed by atoms with Crippen LogP contribution in [0.3, 0.4) is 0 Å². The SMILES string of the molecule is C[C@H]1CCCN(S(=O)(=O)c2ccc3c(c2)nc(SCc2ccccc2Cl)n3C2CCCC2)C1. The van der Waals surface area contributed by atoms with Gasteiger partial charge in [0.25, 0.3) is 0 Å². The van der Waals surface area contributed by atoms with E-state index >= 15 is 0 Å². The van der Waals surface area contributed by atoms with Crippen LogP contribution in [0.15, 0.2) is 52.5 Å². The van der Waals surface area contributed by atoms with Gasteiger partial charge in [0.05, 0.1) is 15.9 Å². The minimum Gasteiger partial charge on any atom is -0.316 e. The van der Waals surface area contributed by atoms with Crippen molar-refractivity contribution in [2.75, 3.05) is 13.1 Å². The Balaban J connectivity index is 1.50. The first kappa shape index (κ1) is 23.2. The topological polar surface area (TPSA) is 55.2 Å². The molecule has 5 nitrogen and oxygen atoms in total. The summed E-state index contributed by atoms with van der Waals surface area (Å²) in [4.78, 5) is 5.29. The largest absolute Gasteiger partial charge is 0.316 e. The summed E-state index contributed by atoms with van der Waals surface area (Å²) in [7, 11) is -3.51. The van der Waals surface area contributed by atoms with Crippen molar-refractivity contribution in [3.05, 3.63) is 53.1 Å². The van der Waals surface area contributed by atoms with Crippen molar-refractivity contribution in [2.45, 2.75) is 67.3 Å². The standard InChI is InChI=1S/C25H30ClN3O2S2/c1-18-7-6-14-28(16-18)33(30,31)21-12-13-24-23(15-21)27-25(29(24)20-9-3-4-10-20)32-17-19-8-2-5-11-22(19)26/h2,5,8,11-13,15,18,20H,3-4,6-7,9-10,14,16-17H2,1H3/t18-/m0/s1. The Morgan fingerprint density at radius 2 is 1.88 bits per heavy atom. The van der Waals surface area contributed by atoms with Gasteiger partial charge in [-0.25, -0.2) is 13.4 Å². The molecule has 1 aromatic heterocycles. The number of nitrogens with zero attached hydrogens (tertiary/aromatic N) is 3. The number of fused-ring (bicyclic) bond motifs is 1. The zero-order valence-corrected chi connectivity index (χ0v) is 21.3. The molecule has 0 bridgehead atoms. The number of imidazole rings is 1. The lowest BCUT2D eigenvalue weighted by Crippen LogP contribution is -2.39.